The minimum Gasteiger partial charge on any atom is -0.355 e. The van der Waals surface area contributed by atoms with Gasteiger partial charge in [0.15, 0.2) is 11.5 Å². The van der Waals surface area contributed by atoms with Gasteiger partial charge in [-0.2, -0.15) is 0 Å². The zero-order valence-corrected chi connectivity index (χ0v) is 11.5. The highest BCUT2D eigenvalue weighted by atomic mass is 15.6. The van der Waals surface area contributed by atoms with E-state index in [1.165, 1.54) is 36.7 Å². The molecule has 0 aromatic carbocycles. The molecular formula is C13H20N6. The molecular weight excluding hydrogens is 240 g/mol. The maximum absolute atomic E-state index is 4.49. The molecule has 1 aliphatic carbocycles. The Balaban J connectivity index is 1.86. The van der Waals surface area contributed by atoms with Crippen LogP contribution in [-0.4, -0.2) is 38.3 Å². The summed E-state index contributed by atoms with van der Waals surface area (Å²) in [6.45, 7) is 2.29. The highest BCUT2D eigenvalue weighted by Crippen LogP contribution is 2.31. The van der Waals surface area contributed by atoms with Crippen LogP contribution in [0.1, 0.15) is 39.0 Å². The molecule has 6 heteroatoms. The summed E-state index contributed by atoms with van der Waals surface area (Å²) in [6, 6.07) is 4.51. The Kier molecular flexibility index (Phi) is 3.31. The Hall–Kier alpha value is -1.72. The van der Waals surface area contributed by atoms with Crippen LogP contribution in [0, 0.1) is 5.92 Å². The van der Waals surface area contributed by atoms with Crippen LogP contribution in [0.4, 0.5) is 5.82 Å². The van der Waals surface area contributed by atoms with Crippen LogP contribution in [0.15, 0.2) is 12.1 Å². The van der Waals surface area contributed by atoms with Gasteiger partial charge in [0, 0.05) is 13.1 Å². The molecule has 2 atom stereocenters. The molecule has 3 rings (SSSR count). The fraction of sp³-hybridized carbons (Fsp3) is 0.692. The molecule has 0 unspecified atom stereocenters. The van der Waals surface area contributed by atoms with Crippen LogP contribution in [0.3, 0.4) is 0 Å². The van der Waals surface area contributed by atoms with Crippen LogP contribution in [-0.2, 0) is 0 Å². The fourth-order valence-electron chi connectivity index (χ4n) is 3.17. The van der Waals surface area contributed by atoms with Crippen LogP contribution < -0.4 is 4.90 Å². The lowest BCUT2D eigenvalue weighted by Gasteiger charge is -2.38. The van der Waals surface area contributed by atoms with Crippen molar-refractivity contribution >= 4 is 11.5 Å². The largest absolute Gasteiger partial charge is 0.355 e. The second kappa shape index (κ2) is 5.11. The first-order chi connectivity index (χ1) is 9.29. The second-order valence-electron chi connectivity index (χ2n) is 5.35. The van der Waals surface area contributed by atoms with Gasteiger partial charge in [0.05, 0.1) is 0 Å². The summed E-state index contributed by atoms with van der Waals surface area (Å²) in [7, 11) is 2.14. The van der Waals surface area contributed by atoms with Gasteiger partial charge >= 0.3 is 0 Å². The van der Waals surface area contributed by atoms with E-state index in [1.54, 1.807) is 0 Å². The average Bonchev–Trinajstić information content (AvgIpc) is 2.93. The van der Waals surface area contributed by atoms with Gasteiger partial charge in [0.2, 0.25) is 0 Å². The number of aromatic nitrogens is 5. The third kappa shape index (κ3) is 2.27. The highest BCUT2D eigenvalue weighted by Gasteiger charge is 2.27. The average molecular weight is 260 g/mol. The van der Waals surface area contributed by atoms with Gasteiger partial charge < -0.3 is 4.90 Å². The number of hydrogen-bond acceptors (Lipinski definition) is 5. The first-order valence-corrected chi connectivity index (χ1v) is 7.08. The van der Waals surface area contributed by atoms with Gasteiger partial charge in [-0.3, -0.25) is 0 Å². The van der Waals surface area contributed by atoms with Crippen LogP contribution >= 0.6 is 0 Å². The molecule has 102 valence electrons. The first-order valence-electron chi connectivity index (χ1n) is 7.08. The van der Waals surface area contributed by atoms with Crippen molar-refractivity contribution in [2.75, 3.05) is 11.9 Å². The van der Waals surface area contributed by atoms with E-state index in [1.807, 2.05) is 12.1 Å². The predicted octanol–water partition coefficient (Wildman–Crippen LogP) is 1.92. The monoisotopic (exact) mass is 260 g/mol. The van der Waals surface area contributed by atoms with Crippen molar-refractivity contribution in [2.45, 2.75) is 45.1 Å². The van der Waals surface area contributed by atoms with Crippen molar-refractivity contribution in [3.8, 4) is 0 Å². The molecule has 1 fully saturated rings. The maximum Gasteiger partial charge on any atom is 0.200 e. The second-order valence-corrected chi connectivity index (χ2v) is 5.35. The summed E-state index contributed by atoms with van der Waals surface area (Å²) in [5, 5.41) is 15.9. The van der Waals surface area contributed by atoms with Crippen molar-refractivity contribution in [1.29, 1.82) is 0 Å². The van der Waals surface area contributed by atoms with Gasteiger partial charge in [-0.15, -0.1) is 14.8 Å². The highest BCUT2D eigenvalue weighted by molar-refractivity contribution is 5.44. The molecule has 2 aromatic heterocycles. The Morgan fingerprint density at radius 3 is 3.00 bits per heavy atom. The lowest BCUT2D eigenvalue weighted by atomic mass is 9.82. The van der Waals surface area contributed by atoms with Crippen molar-refractivity contribution in [1.82, 2.24) is 25.3 Å². The number of fused-ring (bicyclic) bond motifs is 1. The standard InChI is InChI=1S/C13H20N6/c1-3-10-6-4-5-7-11(10)18(2)13-9-8-12-14-16-17-19(12)15-13/h8-11H,3-7H2,1-2H3/t10-,11-/m1/s1. The Labute approximate surface area is 112 Å². The molecule has 6 nitrogen and oxygen atoms in total. The normalized spacial score (nSPS) is 23.7. The van der Waals surface area contributed by atoms with Crippen molar-refractivity contribution in [2.24, 2.45) is 5.92 Å². The lowest BCUT2D eigenvalue weighted by molar-refractivity contribution is 0.291. The summed E-state index contributed by atoms with van der Waals surface area (Å²) < 4.78 is 1.50. The van der Waals surface area contributed by atoms with E-state index in [9.17, 15) is 0 Å². The maximum atomic E-state index is 4.49. The number of nitrogens with zero attached hydrogens (tertiary/aromatic N) is 6. The summed E-state index contributed by atoms with van der Waals surface area (Å²) in [4.78, 5) is 2.30. The predicted molar refractivity (Wildman–Crippen MR) is 73.0 cm³/mol. The zero-order valence-electron chi connectivity index (χ0n) is 11.5. The van der Waals surface area contributed by atoms with E-state index >= 15 is 0 Å². The molecule has 0 radical (unpaired) electrons. The number of rotatable bonds is 3. The van der Waals surface area contributed by atoms with Crippen LogP contribution in [0.5, 0.6) is 0 Å². The van der Waals surface area contributed by atoms with Crippen LogP contribution in [0.25, 0.3) is 5.65 Å². The minimum atomic E-state index is 0.584. The van der Waals surface area contributed by atoms with E-state index in [2.05, 4.69) is 39.5 Å². The van der Waals surface area contributed by atoms with Gasteiger partial charge in [-0.25, -0.2) is 0 Å². The summed E-state index contributed by atoms with van der Waals surface area (Å²) in [5.41, 5.74) is 0.688. The number of hydrogen-bond donors (Lipinski definition) is 0. The van der Waals surface area contributed by atoms with Crippen molar-refractivity contribution in [3.63, 3.8) is 0 Å². The van der Waals surface area contributed by atoms with Gasteiger partial charge in [-0.05, 0) is 41.3 Å². The van der Waals surface area contributed by atoms with E-state index in [-0.39, 0.29) is 0 Å². The zero-order chi connectivity index (χ0) is 13.2. The SMILES string of the molecule is CC[C@@H]1CCCC[C@H]1N(C)c1ccc2nnnn2n1. The fourth-order valence-corrected chi connectivity index (χ4v) is 3.17. The topological polar surface area (TPSA) is 59.2 Å². The van der Waals surface area contributed by atoms with Crippen molar-refractivity contribution in [3.05, 3.63) is 12.1 Å². The van der Waals surface area contributed by atoms with Crippen molar-refractivity contribution < 1.29 is 0 Å². The molecule has 0 amide bonds. The summed E-state index contributed by atoms with van der Waals surface area (Å²) >= 11 is 0. The molecule has 0 aliphatic heterocycles. The quantitative estimate of drug-likeness (QED) is 0.844. The van der Waals surface area contributed by atoms with Gasteiger partial charge in [0.1, 0.15) is 0 Å². The molecule has 0 N–H and O–H groups in total. The van der Waals surface area contributed by atoms with Gasteiger partial charge in [-0.1, -0.05) is 26.2 Å². The van der Waals surface area contributed by atoms with E-state index < -0.39 is 0 Å². The third-order valence-electron chi connectivity index (χ3n) is 4.31. The van der Waals surface area contributed by atoms with E-state index in [4.69, 9.17) is 0 Å². The smallest absolute Gasteiger partial charge is 0.200 e. The minimum absolute atomic E-state index is 0.584. The van der Waals surface area contributed by atoms with E-state index in [0.717, 1.165) is 11.7 Å². The summed E-state index contributed by atoms with van der Waals surface area (Å²) in [5.74, 6) is 1.72. The molecule has 1 saturated carbocycles. The number of anilines is 1. The Bertz CT molecular complexity index is 551. The van der Waals surface area contributed by atoms with Gasteiger partial charge in [0.25, 0.3) is 0 Å². The molecule has 2 heterocycles. The Morgan fingerprint density at radius 2 is 2.16 bits per heavy atom. The molecule has 0 saturated heterocycles. The molecule has 0 bridgehead atoms. The lowest BCUT2D eigenvalue weighted by Crippen LogP contribution is -2.40. The molecule has 19 heavy (non-hydrogen) atoms. The number of tetrazole rings is 1. The Morgan fingerprint density at radius 1 is 1.32 bits per heavy atom. The summed E-state index contributed by atoms with van der Waals surface area (Å²) in [6.07, 6.45) is 6.51. The van der Waals surface area contributed by atoms with E-state index in [0.29, 0.717) is 11.7 Å². The molecule has 0 spiro atoms. The molecule has 2 aromatic rings. The first kappa shape index (κ1) is 12.3. The van der Waals surface area contributed by atoms with Crippen LogP contribution in [0.2, 0.25) is 0 Å². The molecule has 1 aliphatic rings. The third-order valence-corrected chi connectivity index (χ3v) is 4.31.